The van der Waals surface area contributed by atoms with Crippen LogP contribution in [0.5, 0.6) is 5.75 Å². The molecule has 0 unspecified atom stereocenters. The minimum Gasteiger partial charge on any atom is -0.494 e. The van der Waals surface area contributed by atoms with Gasteiger partial charge in [0.05, 0.1) is 28.4 Å². The maximum atomic E-state index is 12.5. The summed E-state index contributed by atoms with van der Waals surface area (Å²) >= 11 is 11.9. The number of ether oxygens (including phenoxy) is 1. The highest BCUT2D eigenvalue weighted by molar-refractivity contribution is 6.37. The Balaban J connectivity index is 1.93. The van der Waals surface area contributed by atoms with Crippen LogP contribution in [0.1, 0.15) is 27.6 Å². The van der Waals surface area contributed by atoms with Crippen LogP contribution in [-0.4, -0.2) is 23.6 Å². The Hall–Kier alpha value is -3.02. The van der Waals surface area contributed by atoms with Gasteiger partial charge in [-0.05, 0) is 60.5 Å². The Morgan fingerprint density at radius 3 is 2.41 bits per heavy atom. The molecule has 0 aliphatic rings. The summed E-state index contributed by atoms with van der Waals surface area (Å²) in [7, 11) is 0. The van der Waals surface area contributed by atoms with Crippen LogP contribution < -0.4 is 10.1 Å². The van der Waals surface area contributed by atoms with Crippen molar-refractivity contribution < 1.29 is 19.4 Å². The predicted octanol–water partition coefficient (Wildman–Crippen LogP) is 6.01. The first kappa shape index (κ1) is 20.7. The molecule has 0 spiro atoms. The molecule has 7 heteroatoms. The number of hydrogen-bond donors (Lipinski definition) is 2. The summed E-state index contributed by atoms with van der Waals surface area (Å²) in [6.45, 7) is 2.42. The lowest BCUT2D eigenvalue weighted by molar-refractivity contribution is 0.0698. The molecule has 0 saturated heterocycles. The Labute approximate surface area is 177 Å². The highest BCUT2D eigenvalue weighted by Crippen LogP contribution is 2.29. The summed E-state index contributed by atoms with van der Waals surface area (Å²) in [6.07, 6.45) is 0. The van der Waals surface area contributed by atoms with Crippen LogP contribution in [0.3, 0.4) is 0 Å². The SMILES string of the molecule is CCOc1cccc(-c2ccc(NC(=O)c3ccc(Cl)cc3Cl)c(C(=O)O)c2)c1. The van der Waals surface area contributed by atoms with E-state index < -0.39 is 11.9 Å². The fourth-order valence-electron chi connectivity index (χ4n) is 2.81. The van der Waals surface area contributed by atoms with Gasteiger partial charge in [-0.2, -0.15) is 0 Å². The number of rotatable bonds is 6. The molecule has 0 aliphatic heterocycles. The van der Waals surface area contributed by atoms with Crippen molar-refractivity contribution in [3.05, 3.63) is 81.8 Å². The van der Waals surface area contributed by atoms with E-state index in [0.29, 0.717) is 22.9 Å². The molecule has 0 fully saturated rings. The number of halogens is 2. The second-order valence-electron chi connectivity index (χ2n) is 6.10. The highest BCUT2D eigenvalue weighted by Gasteiger charge is 2.17. The van der Waals surface area contributed by atoms with Crippen molar-refractivity contribution in [3.8, 4) is 16.9 Å². The van der Waals surface area contributed by atoms with Crippen LogP contribution in [-0.2, 0) is 0 Å². The minimum atomic E-state index is -1.16. The van der Waals surface area contributed by atoms with Gasteiger partial charge in [0.1, 0.15) is 5.75 Å². The van der Waals surface area contributed by atoms with Gasteiger partial charge < -0.3 is 15.2 Å². The first-order chi connectivity index (χ1) is 13.9. The van der Waals surface area contributed by atoms with E-state index in [-0.39, 0.29) is 21.8 Å². The third-order valence-electron chi connectivity index (χ3n) is 4.15. The fourth-order valence-corrected chi connectivity index (χ4v) is 3.30. The Bertz CT molecular complexity index is 1080. The highest BCUT2D eigenvalue weighted by atomic mass is 35.5. The lowest BCUT2D eigenvalue weighted by atomic mass is 10.0. The van der Waals surface area contributed by atoms with Gasteiger partial charge in [-0.1, -0.05) is 41.4 Å². The molecule has 0 aromatic heterocycles. The average molecular weight is 430 g/mol. The Morgan fingerprint density at radius 2 is 1.72 bits per heavy atom. The van der Waals surface area contributed by atoms with E-state index in [4.69, 9.17) is 27.9 Å². The summed E-state index contributed by atoms with van der Waals surface area (Å²) in [5, 5.41) is 12.8. The standard InChI is InChI=1S/C22H17Cl2NO4/c1-2-29-16-5-3-4-13(10-16)14-6-9-20(18(11-14)22(27)28)25-21(26)17-8-7-15(23)12-19(17)24/h3-12H,2H2,1H3,(H,25,26)(H,27,28). The molecule has 0 heterocycles. The lowest BCUT2D eigenvalue weighted by Crippen LogP contribution is -2.15. The van der Waals surface area contributed by atoms with Crippen LogP contribution in [0.25, 0.3) is 11.1 Å². The van der Waals surface area contributed by atoms with Crippen molar-refractivity contribution in [1.29, 1.82) is 0 Å². The third kappa shape index (κ3) is 4.88. The fraction of sp³-hybridized carbons (Fsp3) is 0.0909. The third-order valence-corrected chi connectivity index (χ3v) is 4.70. The van der Waals surface area contributed by atoms with Crippen LogP contribution in [0, 0.1) is 0 Å². The molecule has 0 atom stereocenters. The number of benzene rings is 3. The molecule has 3 aromatic rings. The maximum Gasteiger partial charge on any atom is 0.337 e. The summed E-state index contributed by atoms with van der Waals surface area (Å²) < 4.78 is 5.50. The monoisotopic (exact) mass is 429 g/mol. The molecule has 0 radical (unpaired) electrons. The molecule has 5 nitrogen and oxygen atoms in total. The van der Waals surface area contributed by atoms with Gasteiger partial charge in [0.25, 0.3) is 5.91 Å². The number of carboxylic acid groups (broad SMARTS) is 1. The van der Waals surface area contributed by atoms with E-state index in [0.717, 1.165) is 5.56 Å². The van der Waals surface area contributed by atoms with Crippen LogP contribution in [0.4, 0.5) is 5.69 Å². The van der Waals surface area contributed by atoms with Gasteiger partial charge in [0.15, 0.2) is 0 Å². The number of carbonyl (C=O) groups is 2. The molecular weight excluding hydrogens is 413 g/mol. The Kier molecular flexibility index (Phi) is 6.42. The number of nitrogens with one attached hydrogen (secondary N) is 1. The molecule has 3 aromatic carbocycles. The molecule has 3 rings (SSSR count). The predicted molar refractivity (Wildman–Crippen MR) is 114 cm³/mol. The molecular formula is C22H17Cl2NO4. The first-order valence-corrected chi connectivity index (χ1v) is 9.51. The van der Waals surface area contributed by atoms with Crippen LogP contribution in [0.2, 0.25) is 10.0 Å². The van der Waals surface area contributed by atoms with Crippen LogP contribution in [0.15, 0.2) is 60.7 Å². The number of amides is 1. The van der Waals surface area contributed by atoms with Crippen molar-refractivity contribution in [2.45, 2.75) is 6.92 Å². The lowest BCUT2D eigenvalue weighted by Gasteiger charge is -2.12. The van der Waals surface area contributed by atoms with Gasteiger partial charge in [0.2, 0.25) is 0 Å². The number of carboxylic acids is 1. The van der Waals surface area contributed by atoms with Gasteiger partial charge in [-0.3, -0.25) is 4.79 Å². The van der Waals surface area contributed by atoms with Crippen LogP contribution >= 0.6 is 23.2 Å². The molecule has 0 aliphatic carbocycles. The molecule has 29 heavy (non-hydrogen) atoms. The van der Waals surface area contributed by atoms with Crippen molar-refractivity contribution in [1.82, 2.24) is 0 Å². The number of anilines is 1. The van der Waals surface area contributed by atoms with E-state index in [1.807, 2.05) is 31.2 Å². The van der Waals surface area contributed by atoms with Gasteiger partial charge >= 0.3 is 5.97 Å². The van der Waals surface area contributed by atoms with Gasteiger partial charge in [-0.25, -0.2) is 4.79 Å². The van der Waals surface area contributed by atoms with E-state index in [9.17, 15) is 14.7 Å². The maximum absolute atomic E-state index is 12.5. The van der Waals surface area contributed by atoms with E-state index in [1.54, 1.807) is 12.1 Å². The zero-order valence-corrected chi connectivity index (χ0v) is 16.9. The van der Waals surface area contributed by atoms with Crippen molar-refractivity contribution >= 4 is 40.8 Å². The number of carbonyl (C=O) groups excluding carboxylic acids is 1. The molecule has 0 bridgehead atoms. The van der Waals surface area contributed by atoms with E-state index in [2.05, 4.69) is 5.32 Å². The number of aromatic carboxylic acids is 1. The number of hydrogen-bond acceptors (Lipinski definition) is 3. The normalized spacial score (nSPS) is 10.4. The zero-order chi connectivity index (χ0) is 21.0. The zero-order valence-electron chi connectivity index (χ0n) is 15.4. The Morgan fingerprint density at radius 1 is 0.966 bits per heavy atom. The summed E-state index contributed by atoms with van der Waals surface area (Å²) in [5.74, 6) is -0.998. The second-order valence-corrected chi connectivity index (χ2v) is 6.95. The summed E-state index contributed by atoms with van der Waals surface area (Å²) in [4.78, 5) is 24.3. The van der Waals surface area contributed by atoms with Gasteiger partial charge in [-0.15, -0.1) is 0 Å². The summed E-state index contributed by atoms with van der Waals surface area (Å²) in [6, 6.07) is 16.6. The molecule has 0 saturated carbocycles. The molecule has 1 amide bonds. The smallest absolute Gasteiger partial charge is 0.337 e. The quantitative estimate of drug-likeness (QED) is 0.502. The average Bonchev–Trinajstić information content (AvgIpc) is 2.68. The van der Waals surface area contributed by atoms with E-state index in [1.165, 1.54) is 24.3 Å². The minimum absolute atomic E-state index is 0.0391. The van der Waals surface area contributed by atoms with Crippen molar-refractivity contribution in [3.63, 3.8) is 0 Å². The van der Waals surface area contributed by atoms with Gasteiger partial charge in [0, 0.05) is 5.02 Å². The summed E-state index contributed by atoms with van der Waals surface area (Å²) in [5.41, 5.74) is 1.81. The van der Waals surface area contributed by atoms with E-state index >= 15 is 0 Å². The van der Waals surface area contributed by atoms with Crippen molar-refractivity contribution in [2.24, 2.45) is 0 Å². The molecule has 2 N–H and O–H groups in total. The largest absolute Gasteiger partial charge is 0.494 e. The second kappa shape index (κ2) is 8.99. The first-order valence-electron chi connectivity index (χ1n) is 8.76. The van der Waals surface area contributed by atoms with Crippen molar-refractivity contribution in [2.75, 3.05) is 11.9 Å². The molecule has 148 valence electrons. The topological polar surface area (TPSA) is 75.6 Å².